The standard InChI is InChI=1S/C8H7BrN4/c1-13-5-10-12-8(13)6-3-2-4-7(9)11-6/h2-5H,1H3. The SMILES string of the molecule is Cn1cnnc1-c1cccc(Br)n1. The molecule has 13 heavy (non-hydrogen) atoms. The van der Waals surface area contributed by atoms with E-state index in [1.807, 2.05) is 29.8 Å². The van der Waals surface area contributed by atoms with Crippen molar-refractivity contribution in [3.63, 3.8) is 0 Å². The summed E-state index contributed by atoms with van der Waals surface area (Å²) in [6.45, 7) is 0. The van der Waals surface area contributed by atoms with Gasteiger partial charge in [0.05, 0.1) is 0 Å². The summed E-state index contributed by atoms with van der Waals surface area (Å²) in [6.07, 6.45) is 1.65. The highest BCUT2D eigenvalue weighted by atomic mass is 79.9. The van der Waals surface area contributed by atoms with Crippen molar-refractivity contribution in [1.82, 2.24) is 19.7 Å². The van der Waals surface area contributed by atoms with Crippen LogP contribution in [0.4, 0.5) is 0 Å². The summed E-state index contributed by atoms with van der Waals surface area (Å²) < 4.78 is 2.63. The minimum atomic E-state index is 0.765. The summed E-state index contributed by atoms with van der Waals surface area (Å²) >= 11 is 3.30. The highest BCUT2D eigenvalue weighted by molar-refractivity contribution is 9.10. The molecule has 2 aromatic heterocycles. The van der Waals surface area contributed by atoms with Gasteiger partial charge < -0.3 is 4.57 Å². The van der Waals surface area contributed by atoms with Crippen LogP contribution >= 0.6 is 15.9 Å². The van der Waals surface area contributed by atoms with E-state index in [0.29, 0.717) is 0 Å². The molecule has 0 saturated heterocycles. The zero-order valence-electron chi connectivity index (χ0n) is 6.98. The second-order valence-electron chi connectivity index (χ2n) is 2.61. The summed E-state index contributed by atoms with van der Waals surface area (Å²) in [5.74, 6) is 0.765. The first kappa shape index (κ1) is 8.37. The molecule has 4 nitrogen and oxygen atoms in total. The van der Waals surface area contributed by atoms with Crippen molar-refractivity contribution < 1.29 is 0 Å². The topological polar surface area (TPSA) is 43.6 Å². The number of rotatable bonds is 1. The normalized spacial score (nSPS) is 10.3. The molecule has 0 aliphatic rings. The van der Waals surface area contributed by atoms with Crippen LogP contribution in [-0.2, 0) is 7.05 Å². The highest BCUT2D eigenvalue weighted by Gasteiger charge is 2.05. The van der Waals surface area contributed by atoms with Gasteiger partial charge in [-0.1, -0.05) is 6.07 Å². The van der Waals surface area contributed by atoms with Gasteiger partial charge in [-0.2, -0.15) is 0 Å². The van der Waals surface area contributed by atoms with Crippen molar-refractivity contribution in [2.75, 3.05) is 0 Å². The average Bonchev–Trinajstić information content (AvgIpc) is 2.51. The minimum absolute atomic E-state index is 0.765. The van der Waals surface area contributed by atoms with Gasteiger partial charge in [-0.15, -0.1) is 10.2 Å². The van der Waals surface area contributed by atoms with E-state index in [2.05, 4.69) is 31.1 Å². The van der Waals surface area contributed by atoms with E-state index in [1.54, 1.807) is 6.33 Å². The average molecular weight is 239 g/mol. The lowest BCUT2D eigenvalue weighted by Gasteiger charge is -1.98. The summed E-state index contributed by atoms with van der Waals surface area (Å²) in [6, 6.07) is 5.69. The summed E-state index contributed by atoms with van der Waals surface area (Å²) in [4.78, 5) is 4.27. The van der Waals surface area contributed by atoms with Crippen LogP contribution in [0.2, 0.25) is 0 Å². The van der Waals surface area contributed by atoms with Crippen LogP contribution in [0.3, 0.4) is 0 Å². The Hall–Kier alpha value is -1.23. The monoisotopic (exact) mass is 238 g/mol. The number of aryl methyl sites for hydroxylation is 1. The lowest BCUT2D eigenvalue weighted by Crippen LogP contribution is -1.93. The molecule has 2 rings (SSSR count). The van der Waals surface area contributed by atoms with Crippen LogP contribution in [0.15, 0.2) is 29.1 Å². The largest absolute Gasteiger partial charge is 0.315 e. The summed E-state index contributed by atoms with van der Waals surface area (Å²) in [5.41, 5.74) is 0.814. The third kappa shape index (κ3) is 1.60. The fraction of sp³-hybridized carbons (Fsp3) is 0.125. The smallest absolute Gasteiger partial charge is 0.182 e. The quantitative estimate of drug-likeness (QED) is 0.710. The molecule has 2 heterocycles. The van der Waals surface area contributed by atoms with Crippen molar-refractivity contribution in [1.29, 1.82) is 0 Å². The zero-order chi connectivity index (χ0) is 9.26. The minimum Gasteiger partial charge on any atom is -0.315 e. The maximum atomic E-state index is 4.27. The van der Waals surface area contributed by atoms with Gasteiger partial charge in [-0.25, -0.2) is 4.98 Å². The van der Waals surface area contributed by atoms with Gasteiger partial charge in [0.2, 0.25) is 0 Å². The Bertz CT molecular complexity index is 424. The lowest BCUT2D eigenvalue weighted by molar-refractivity contribution is 0.913. The molecule has 0 atom stereocenters. The Kier molecular flexibility index (Phi) is 2.10. The van der Waals surface area contributed by atoms with E-state index in [0.717, 1.165) is 16.1 Å². The van der Waals surface area contributed by atoms with E-state index in [1.165, 1.54) is 0 Å². The molecule has 0 bridgehead atoms. The van der Waals surface area contributed by atoms with Gasteiger partial charge in [0.1, 0.15) is 16.6 Å². The van der Waals surface area contributed by atoms with Gasteiger partial charge >= 0.3 is 0 Å². The predicted molar refractivity (Wildman–Crippen MR) is 51.9 cm³/mol. The Morgan fingerprint density at radius 1 is 1.38 bits per heavy atom. The molecule has 5 heteroatoms. The number of hydrogen-bond acceptors (Lipinski definition) is 3. The van der Waals surface area contributed by atoms with E-state index in [9.17, 15) is 0 Å². The fourth-order valence-corrected chi connectivity index (χ4v) is 1.39. The number of hydrogen-bond donors (Lipinski definition) is 0. The molecular formula is C8H7BrN4. The van der Waals surface area contributed by atoms with Crippen molar-refractivity contribution in [3.8, 4) is 11.5 Å². The van der Waals surface area contributed by atoms with Crippen LogP contribution in [-0.4, -0.2) is 19.7 Å². The molecule has 0 saturated carbocycles. The van der Waals surface area contributed by atoms with Gasteiger partial charge in [0.15, 0.2) is 5.82 Å². The predicted octanol–water partition coefficient (Wildman–Crippen LogP) is 1.64. The van der Waals surface area contributed by atoms with Crippen LogP contribution in [0.25, 0.3) is 11.5 Å². The van der Waals surface area contributed by atoms with Gasteiger partial charge in [-0.05, 0) is 28.1 Å². The van der Waals surface area contributed by atoms with Crippen LogP contribution < -0.4 is 0 Å². The van der Waals surface area contributed by atoms with Gasteiger partial charge in [0.25, 0.3) is 0 Å². The Morgan fingerprint density at radius 2 is 2.23 bits per heavy atom. The Balaban J connectivity index is 2.53. The number of halogens is 1. The highest BCUT2D eigenvalue weighted by Crippen LogP contribution is 2.15. The van der Waals surface area contributed by atoms with Crippen molar-refractivity contribution >= 4 is 15.9 Å². The molecule has 0 radical (unpaired) electrons. The second-order valence-corrected chi connectivity index (χ2v) is 3.42. The number of pyridine rings is 1. The molecule has 66 valence electrons. The van der Waals surface area contributed by atoms with E-state index < -0.39 is 0 Å². The van der Waals surface area contributed by atoms with Crippen molar-refractivity contribution in [2.24, 2.45) is 7.05 Å². The number of aromatic nitrogens is 4. The molecule has 0 aliphatic heterocycles. The molecule has 0 unspecified atom stereocenters. The van der Waals surface area contributed by atoms with Crippen LogP contribution in [0.1, 0.15) is 0 Å². The first-order valence-corrected chi connectivity index (χ1v) is 4.53. The Labute approximate surface area is 83.8 Å². The first-order valence-electron chi connectivity index (χ1n) is 3.74. The maximum Gasteiger partial charge on any atom is 0.182 e. The zero-order valence-corrected chi connectivity index (χ0v) is 8.56. The molecule has 0 aromatic carbocycles. The third-order valence-electron chi connectivity index (χ3n) is 1.66. The third-order valence-corrected chi connectivity index (χ3v) is 2.10. The molecule has 0 aliphatic carbocycles. The van der Waals surface area contributed by atoms with Crippen LogP contribution in [0, 0.1) is 0 Å². The molecule has 0 spiro atoms. The fourth-order valence-electron chi connectivity index (χ4n) is 1.05. The second kappa shape index (κ2) is 3.26. The molecule has 0 fully saturated rings. The van der Waals surface area contributed by atoms with Crippen molar-refractivity contribution in [2.45, 2.75) is 0 Å². The van der Waals surface area contributed by atoms with Gasteiger partial charge in [-0.3, -0.25) is 0 Å². The molecule has 0 N–H and O–H groups in total. The van der Waals surface area contributed by atoms with Gasteiger partial charge in [0, 0.05) is 7.05 Å². The molecule has 0 amide bonds. The molecule has 2 aromatic rings. The Morgan fingerprint density at radius 3 is 2.85 bits per heavy atom. The van der Waals surface area contributed by atoms with E-state index >= 15 is 0 Å². The molecular weight excluding hydrogens is 232 g/mol. The summed E-state index contributed by atoms with van der Waals surface area (Å²) in [7, 11) is 1.89. The van der Waals surface area contributed by atoms with Crippen molar-refractivity contribution in [3.05, 3.63) is 29.1 Å². The number of nitrogens with zero attached hydrogens (tertiary/aromatic N) is 4. The maximum absolute atomic E-state index is 4.27. The lowest BCUT2D eigenvalue weighted by atomic mass is 10.3. The van der Waals surface area contributed by atoms with Crippen LogP contribution in [0.5, 0.6) is 0 Å². The van der Waals surface area contributed by atoms with E-state index in [-0.39, 0.29) is 0 Å². The van der Waals surface area contributed by atoms with E-state index in [4.69, 9.17) is 0 Å². The first-order chi connectivity index (χ1) is 6.27. The summed E-state index contributed by atoms with van der Waals surface area (Å²) in [5, 5.41) is 7.74.